The van der Waals surface area contributed by atoms with E-state index in [1.807, 2.05) is 21.1 Å². The summed E-state index contributed by atoms with van der Waals surface area (Å²) in [5.41, 5.74) is 2.69. The lowest BCUT2D eigenvalue weighted by molar-refractivity contribution is -0.875. The Morgan fingerprint density at radius 3 is 1.83 bits per heavy atom. The number of hydrogen-bond donors (Lipinski definition) is 1. The van der Waals surface area contributed by atoms with E-state index in [4.69, 9.17) is 0 Å². The van der Waals surface area contributed by atoms with Crippen molar-refractivity contribution in [3.05, 3.63) is 23.3 Å². The Morgan fingerprint density at radius 1 is 1.00 bits per heavy atom. The van der Waals surface area contributed by atoms with E-state index in [-0.39, 0.29) is 17.4 Å². The number of thioether (sulfide) groups is 1. The highest BCUT2D eigenvalue weighted by Crippen LogP contribution is 2.42. The highest BCUT2D eigenvalue weighted by molar-refractivity contribution is 8.01. The Labute approximate surface area is 191 Å². The van der Waals surface area contributed by atoms with Crippen LogP contribution < -0.4 is 5.11 Å². The van der Waals surface area contributed by atoms with Crippen LogP contribution in [0.3, 0.4) is 0 Å². The number of phenols is 1. The van der Waals surface area contributed by atoms with E-state index < -0.39 is 0 Å². The van der Waals surface area contributed by atoms with Crippen LogP contribution in [0.15, 0.2) is 16.5 Å². The second kappa shape index (κ2) is 10.4. The van der Waals surface area contributed by atoms with E-state index in [1.165, 1.54) is 0 Å². The number of aromatic nitrogens is 2. The van der Waals surface area contributed by atoms with Crippen LogP contribution in [0.1, 0.15) is 59.6 Å². The Kier molecular flexibility index (Phi) is 9.36. The van der Waals surface area contributed by atoms with Crippen LogP contribution in [-0.4, -0.2) is 59.8 Å². The molecule has 0 fully saturated rings. The van der Waals surface area contributed by atoms with Gasteiger partial charge in [0.05, 0.1) is 27.7 Å². The first-order valence-electron chi connectivity index (χ1n) is 10.3. The second-order valence-electron chi connectivity index (χ2n) is 10.4. The quantitative estimate of drug-likeness (QED) is 0.526. The molecule has 0 atom stereocenters. The number of quaternary nitrogens is 1. The summed E-state index contributed by atoms with van der Waals surface area (Å²) >= 11 is 3.32. The van der Waals surface area contributed by atoms with Gasteiger partial charge < -0.3 is 14.7 Å². The smallest absolute Gasteiger partial charge is 0.174 e. The lowest BCUT2D eigenvalue weighted by Gasteiger charge is -2.27. The molecule has 170 valence electrons. The minimum atomic E-state index is -0.133. The van der Waals surface area contributed by atoms with Gasteiger partial charge in [-0.1, -0.05) is 78.2 Å². The molecule has 1 aromatic heterocycles. The van der Waals surface area contributed by atoms with E-state index in [0.29, 0.717) is 5.75 Å². The maximum atomic E-state index is 10.8. The van der Waals surface area contributed by atoms with Crippen molar-refractivity contribution >= 4 is 23.1 Å². The topological polar surface area (TPSA) is 69.1 Å². The van der Waals surface area contributed by atoms with E-state index >= 15 is 0 Å². The molecule has 0 saturated carbocycles. The summed E-state index contributed by atoms with van der Waals surface area (Å²) in [6.07, 6.45) is 0. The minimum Gasteiger partial charge on any atom is -0.850 e. The van der Waals surface area contributed by atoms with Gasteiger partial charge in [0.15, 0.2) is 4.34 Å². The Morgan fingerprint density at radius 2 is 1.50 bits per heavy atom. The van der Waals surface area contributed by atoms with Gasteiger partial charge >= 0.3 is 0 Å². The molecule has 0 amide bonds. The number of nitrogens with zero attached hydrogens (tertiary/aromatic N) is 3. The number of phenolic OH excluding ortho intramolecular Hbond substituents is 1. The summed E-state index contributed by atoms with van der Waals surface area (Å²) < 4.78 is 1.77. The number of likely N-dealkylation sites (N-methyl/N-ethyl adjacent to an activating group) is 1. The average molecular weight is 454 g/mol. The molecule has 0 radical (unpaired) electrons. The van der Waals surface area contributed by atoms with Gasteiger partial charge in [-0.25, -0.2) is 0 Å². The lowest BCUT2D eigenvalue weighted by Crippen LogP contribution is -2.39. The largest absolute Gasteiger partial charge is 0.850 e. The molecule has 30 heavy (non-hydrogen) atoms. The zero-order valence-electron chi connectivity index (χ0n) is 20.3. The molecule has 7 heteroatoms. The molecule has 0 aliphatic rings. The normalized spacial score (nSPS) is 12.5. The third-order valence-corrected chi connectivity index (χ3v) is 6.40. The summed E-state index contributed by atoms with van der Waals surface area (Å²) in [7, 11) is 6.04. The molecule has 2 rings (SSSR count). The zero-order chi connectivity index (χ0) is 23.3. The van der Waals surface area contributed by atoms with Crippen LogP contribution in [-0.2, 0) is 10.8 Å². The van der Waals surface area contributed by atoms with Crippen LogP contribution in [0.5, 0.6) is 5.75 Å². The van der Waals surface area contributed by atoms with Crippen LogP contribution in [0.25, 0.3) is 10.6 Å². The van der Waals surface area contributed by atoms with Crippen molar-refractivity contribution in [2.24, 2.45) is 0 Å². The molecule has 5 nitrogen and oxygen atoms in total. The van der Waals surface area contributed by atoms with Gasteiger partial charge in [-0.05, 0) is 28.7 Å². The number of benzene rings is 1. The molecule has 1 N–H and O–H groups in total. The van der Waals surface area contributed by atoms with Gasteiger partial charge in [-0.3, -0.25) is 0 Å². The third kappa shape index (κ3) is 8.17. The predicted octanol–water partition coefficient (Wildman–Crippen LogP) is 4.67. The van der Waals surface area contributed by atoms with Crippen molar-refractivity contribution in [1.82, 2.24) is 10.2 Å². The molecular formula is C23H39N3O2S2. The molecule has 2 aromatic rings. The van der Waals surface area contributed by atoms with E-state index in [1.54, 1.807) is 23.1 Å². The molecule has 0 bridgehead atoms. The summed E-state index contributed by atoms with van der Waals surface area (Å²) in [4.78, 5) is 0. The van der Waals surface area contributed by atoms with Gasteiger partial charge in [-0.2, -0.15) is 0 Å². The molecule has 0 saturated heterocycles. The molecule has 0 spiro atoms. The fourth-order valence-electron chi connectivity index (χ4n) is 2.68. The van der Waals surface area contributed by atoms with Crippen LogP contribution in [0.2, 0.25) is 0 Å². The number of hydrogen-bond acceptors (Lipinski definition) is 6. The van der Waals surface area contributed by atoms with Gasteiger partial charge in [0.2, 0.25) is 0 Å². The molecule has 1 heterocycles. The zero-order valence-corrected chi connectivity index (χ0v) is 21.9. The highest BCUT2D eigenvalue weighted by Gasteiger charge is 2.27. The van der Waals surface area contributed by atoms with Crippen molar-refractivity contribution < 1.29 is 14.7 Å². The first-order chi connectivity index (χ1) is 13.6. The van der Waals surface area contributed by atoms with Crippen molar-refractivity contribution in [3.63, 3.8) is 0 Å². The lowest BCUT2D eigenvalue weighted by atomic mass is 9.78. The van der Waals surface area contributed by atoms with Crippen molar-refractivity contribution in [2.75, 3.05) is 40.0 Å². The van der Waals surface area contributed by atoms with Gasteiger partial charge in [0.25, 0.3) is 0 Å². The Hall–Kier alpha value is -1.15. The van der Waals surface area contributed by atoms with Gasteiger partial charge in [0, 0.05) is 16.7 Å². The molecule has 0 unspecified atom stereocenters. The van der Waals surface area contributed by atoms with Crippen molar-refractivity contribution in [2.45, 2.75) is 63.6 Å². The fourth-order valence-corrected chi connectivity index (χ4v) is 4.42. The standard InChI is InChI=1S/C18H26N2OS2.C5H13NO/c1-8-22-16-20-19-15(23-16)11-9-12(17(2,3)4)14(21)13(10-11)18(5,6)7;1-6(2,3)4-5-7/h9-10,21H,8H2,1-7H3;4-5H2,1-3H3. The molecule has 0 aliphatic carbocycles. The SMILES string of the molecule is CCSc1nnc(-c2cc(C(C)(C)C)c(O)c(C(C)(C)C)c2)s1.C[N+](C)(C)CC[O-]. The fraction of sp³-hybridized carbons (Fsp3) is 0.652. The summed E-state index contributed by atoms with van der Waals surface area (Å²) in [5, 5.41) is 30.2. The van der Waals surface area contributed by atoms with Crippen molar-refractivity contribution in [1.29, 1.82) is 0 Å². The van der Waals surface area contributed by atoms with E-state index in [9.17, 15) is 10.2 Å². The molecule has 1 aromatic carbocycles. The summed E-state index contributed by atoms with van der Waals surface area (Å²) in [5.74, 6) is 1.39. The minimum absolute atomic E-state index is 0.0312. The Bertz CT molecular complexity index is 778. The first-order valence-corrected chi connectivity index (χ1v) is 12.1. The van der Waals surface area contributed by atoms with E-state index in [0.717, 1.165) is 42.8 Å². The number of rotatable bonds is 5. The van der Waals surface area contributed by atoms with E-state index in [2.05, 4.69) is 70.8 Å². The maximum absolute atomic E-state index is 10.8. The Balaban J connectivity index is 0.000000553. The molecule has 0 aliphatic heterocycles. The van der Waals surface area contributed by atoms with Crippen LogP contribution in [0, 0.1) is 0 Å². The number of aromatic hydroxyl groups is 1. The molecular weight excluding hydrogens is 414 g/mol. The summed E-state index contributed by atoms with van der Waals surface area (Å²) in [6, 6.07) is 4.12. The van der Waals surface area contributed by atoms with Gasteiger partial charge in [-0.15, -0.1) is 10.2 Å². The third-order valence-electron chi connectivity index (χ3n) is 4.41. The monoisotopic (exact) mass is 453 g/mol. The average Bonchev–Trinajstić information content (AvgIpc) is 3.01. The highest BCUT2D eigenvalue weighted by atomic mass is 32.2. The predicted molar refractivity (Wildman–Crippen MR) is 129 cm³/mol. The second-order valence-corrected chi connectivity index (χ2v) is 12.9. The summed E-state index contributed by atoms with van der Waals surface area (Å²) in [6.45, 7) is 15.6. The van der Waals surface area contributed by atoms with Crippen molar-refractivity contribution in [3.8, 4) is 16.3 Å². The first kappa shape index (κ1) is 26.9. The van der Waals surface area contributed by atoms with Crippen LogP contribution in [0.4, 0.5) is 0 Å². The van der Waals surface area contributed by atoms with Gasteiger partial charge in [0.1, 0.15) is 10.8 Å². The maximum Gasteiger partial charge on any atom is 0.174 e. The van der Waals surface area contributed by atoms with Crippen LogP contribution >= 0.6 is 23.1 Å².